The Labute approximate surface area is 241 Å². The van der Waals surface area contributed by atoms with Crippen molar-refractivity contribution in [3.8, 4) is 0 Å². The van der Waals surface area contributed by atoms with Gasteiger partial charge in [0.2, 0.25) is 5.91 Å². The maximum atomic E-state index is 13.3. The third-order valence-corrected chi connectivity index (χ3v) is 7.18. The molecule has 10 heteroatoms. The van der Waals surface area contributed by atoms with Crippen molar-refractivity contribution in [2.75, 3.05) is 6.54 Å². The van der Waals surface area contributed by atoms with Gasteiger partial charge in [-0.25, -0.2) is 5.43 Å². The number of nitrogens with one attached hydrogen (secondary N) is 3. The summed E-state index contributed by atoms with van der Waals surface area (Å²) in [6.45, 7) is 12.9. The molecule has 1 aliphatic heterocycles. The Hall–Kier alpha value is -4.05. The van der Waals surface area contributed by atoms with E-state index < -0.39 is 35.3 Å². The Morgan fingerprint density at radius 3 is 2.56 bits per heavy atom. The van der Waals surface area contributed by atoms with Gasteiger partial charge in [0.05, 0.1) is 10.9 Å². The number of aliphatic carboxylic acids is 1. The van der Waals surface area contributed by atoms with E-state index in [4.69, 9.17) is 4.98 Å². The van der Waals surface area contributed by atoms with Gasteiger partial charge < -0.3 is 15.7 Å². The van der Waals surface area contributed by atoms with Crippen LogP contribution in [0.3, 0.4) is 0 Å². The topological polar surface area (TPSA) is 141 Å². The van der Waals surface area contributed by atoms with E-state index in [1.165, 1.54) is 11.9 Å². The lowest BCUT2D eigenvalue weighted by atomic mass is 9.90. The van der Waals surface area contributed by atoms with Crippen molar-refractivity contribution in [3.05, 3.63) is 58.4 Å². The summed E-state index contributed by atoms with van der Waals surface area (Å²) in [5.41, 5.74) is 6.37. The molecule has 3 amide bonds. The molecule has 0 saturated carbocycles. The molecular formula is C31H41N5O5. The van der Waals surface area contributed by atoms with Crippen molar-refractivity contribution >= 4 is 40.7 Å². The summed E-state index contributed by atoms with van der Waals surface area (Å²) in [7, 11) is 0. The standard InChI is InChI=1S/C31H41N5O5/c1-8-23-19(4)16-22-12-11-21(17-25(22)33-23)13-14-31(6,7)30(41)34-26(18(2)3)27(37)32-20(5)28(38)36-15-9-10-24(35-36)29(39)40/h11-14,16-17,20,24,35H,8-10,15H2,1-7H3,(H,32,37)(H,34,41)(H,39,40)/b14-13+/t20-,24-/m0/s1. The fourth-order valence-corrected chi connectivity index (χ4v) is 4.54. The van der Waals surface area contributed by atoms with Crippen LogP contribution in [0.5, 0.6) is 0 Å². The number of hydrogen-bond donors (Lipinski definition) is 4. The Balaban J connectivity index is 1.68. The van der Waals surface area contributed by atoms with Gasteiger partial charge in [-0.05, 0) is 89.6 Å². The van der Waals surface area contributed by atoms with Crippen LogP contribution in [-0.2, 0) is 25.6 Å². The van der Waals surface area contributed by atoms with Crippen LogP contribution >= 0.6 is 0 Å². The average molecular weight is 564 g/mol. The van der Waals surface area contributed by atoms with E-state index in [2.05, 4.69) is 36.0 Å². The third-order valence-electron chi connectivity index (χ3n) is 7.18. The number of rotatable bonds is 9. The normalized spacial score (nSPS) is 16.4. The molecule has 0 radical (unpaired) electrons. The molecule has 0 bridgehead atoms. The Morgan fingerprint density at radius 1 is 1.22 bits per heavy atom. The number of carboxylic acids is 1. The first-order valence-corrected chi connectivity index (χ1v) is 13.9. The number of hydrogen-bond acceptors (Lipinski definition) is 6. The van der Waals surface area contributed by atoms with Gasteiger partial charge in [-0.1, -0.05) is 31.2 Å². The van der Waals surface area contributed by atoms with E-state index >= 15 is 0 Å². The largest absolute Gasteiger partial charge is 0.480 e. The summed E-state index contributed by atoms with van der Waals surface area (Å²) in [5, 5.41) is 16.9. The molecule has 1 fully saturated rings. The van der Waals surface area contributed by atoms with E-state index in [0.29, 0.717) is 25.0 Å². The molecule has 220 valence electrons. The monoisotopic (exact) mass is 563 g/mol. The molecular weight excluding hydrogens is 522 g/mol. The highest BCUT2D eigenvalue weighted by molar-refractivity contribution is 6.01. The van der Waals surface area contributed by atoms with Crippen molar-refractivity contribution in [2.45, 2.75) is 79.8 Å². The predicted molar refractivity (Wildman–Crippen MR) is 158 cm³/mol. The summed E-state index contributed by atoms with van der Waals surface area (Å²) in [5.74, 6) is -2.49. The number of fused-ring (bicyclic) bond motifs is 1. The van der Waals surface area contributed by atoms with Crippen LogP contribution in [0.25, 0.3) is 17.0 Å². The van der Waals surface area contributed by atoms with Gasteiger partial charge in [0, 0.05) is 17.6 Å². The zero-order valence-corrected chi connectivity index (χ0v) is 24.9. The fraction of sp³-hybridized carbons (Fsp3) is 0.452. The molecule has 1 aliphatic rings. The second kappa shape index (κ2) is 13.1. The SMILES string of the molecule is CCc1nc2cc(/C=C/C(C)(C)C(=O)NC(C(=O)N[C@@H](C)C(=O)N3CCC[C@@H](C(=O)O)N3)=C(C)C)ccc2cc1C. The van der Waals surface area contributed by atoms with E-state index in [9.17, 15) is 24.3 Å². The summed E-state index contributed by atoms with van der Waals surface area (Å²) in [4.78, 5) is 55.3. The molecule has 0 spiro atoms. The van der Waals surface area contributed by atoms with Crippen LogP contribution in [0.2, 0.25) is 0 Å². The quantitative estimate of drug-likeness (QED) is 0.342. The highest BCUT2D eigenvalue weighted by Crippen LogP contribution is 2.23. The van der Waals surface area contributed by atoms with Crippen LogP contribution < -0.4 is 16.1 Å². The number of nitrogens with zero attached hydrogens (tertiary/aromatic N) is 2. The van der Waals surface area contributed by atoms with Crippen LogP contribution in [0, 0.1) is 12.3 Å². The van der Waals surface area contributed by atoms with Gasteiger partial charge in [-0.3, -0.25) is 29.2 Å². The predicted octanol–water partition coefficient (Wildman–Crippen LogP) is 3.64. The highest BCUT2D eigenvalue weighted by Gasteiger charge is 2.32. The van der Waals surface area contributed by atoms with Crippen LogP contribution in [-0.4, -0.2) is 57.4 Å². The lowest BCUT2D eigenvalue weighted by molar-refractivity contribution is -0.148. The number of allylic oxidation sites excluding steroid dienone is 1. The van der Waals surface area contributed by atoms with Crippen molar-refractivity contribution in [1.29, 1.82) is 0 Å². The maximum Gasteiger partial charge on any atom is 0.322 e. The molecule has 1 saturated heterocycles. The molecule has 2 heterocycles. The number of pyridine rings is 1. The number of carbonyl (C=O) groups excluding carboxylic acids is 3. The summed E-state index contributed by atoms with van der Waals surface area (Å²) in [6, 6.07) is 6.30. The minimum Gasteiger partial charge on any atom is -0.480 e. The molecule has 41 heavy (non-hydrogen) atoms. The lowest BCUT2D eigenvalue weighted by Gasteiger charge is -2.33. The number of carboxylic acid groups (broad SMARTS) is 1. The van der Waals surface area contributed by atoms with Gasteiger partial charge in [-0.2, -0.15) is 0 Å². The minimum absolute atomic E-state index is 0.0588. The Bertz CT molecular complexity index is 1410. The number of aryl methyl sites for hydroxylation is 2. The molecule has 4 N–H and O–H groups in total. The molecule has 2 aromatic rings. The van der Waals surface area contributed by atoms with Crippen molar-refractivity contribution in [2.24, 2.45) is 5.41 Å². The van der Waals surface area contributed by atoms with Gasteiger partial charge in [0.1, 0.15) is 17.8 Å². The first-order valence-electron chi connectivity index (χ1n) is 13.9. The van der Waals surface area contributed by atoms with Gasteiger partial charge in [0.15, 0.2) is 0 Å². The van der Waals surface area contributed by atoms with E-state index in [1.807, 2.05) is 24.3 Å². The minimum atomic E-state index is -1.04. The first kappa shape index (κ1) is 31.5. The zero-order chi connectivity index (χ0) is 30.5. The van der Waals surface area contributed by atoms with E-state index in [0.717, 1.165) is 34.1 Å². The number of hydrazine groups is 1. The Kier molecular flexibility index (Phi) is 10.0. The third kappa shape index (κ3) is 7.79. The fourth-order valence-electron chi connectivity index (χ4n) is 4.54. The Morgan fingerprint density at radius 2 is 1.93 bits per heavy atom. The van der Waals surface area contributed by atoms with Crippen molar-refractivity contribution < 1.29 is 24.3 Å². The maximum absolute atomic E-state index is 13.3. The molecule has 3 rings (SSSR count). The van der Waals surface area contributed by atoms with Crippen molar-refractivity contribution in [1.82, 2.24) is 26.1 Å². The van der Waals surface area contributed by atoms with Gasteiger partial charge >= 0.3 is 5.97 Å². The molecule has 1 aromatic heterocycles. The summed E-state index contributed by atoms with van der Waals surface area (Å²) < 4.78 is 0. The zero-order valence-electron chi connectivity index (χ0n) is 24.9. The number of carbonyl (C=O) groups is 4. The summed E-state index contributed by atoms with van der Waals surface area (Å²) >= 11 is 0. The van der Waals surface area contributed by atoms with Crippen LogP contribution in [0.15, 0.2) is 41.6 Å². The second-order valence-electron chi connectivity index (χ2n) is 11.3. The van der Waals surface area contributed by atoms with Crippen LogP contribution in [0.1, 0.15) is 71.2 Å². The van der Waals surface area contributed by atoms with Crippen molar-refractivity contribution in [3.63, 3.8) is 0 Å². The lowest BCUT2D eigenvalue weighted by Crippen LogP contribution is -2.59. The molecule has 0 aliphatic carbocycles. The number of benzene rings is 1. The molecule has 0 unspecified atom stereocenters. The first-order chi connectivity index (χ1) is 19.2. The smallest absolute Gasteiger partial charge is 0.322 e. The highest BCUT2D eigenvalue weighted by atomic mass is 16.4. The molecule has 1 aromatic carbocycles. The molecule has 10 nitrogen and oxygen atoms in total. The van der Waals surface area contributed by atoms with Gasteiger partial charge in [0.25, 0.3) is 11.8 Å². The van der Waals surface area contributed by atoms with Gasteiger partial charge in [-0.15, -0.1) is 0 Å². The van der Waals surface area contributed by atoms with E-state index in [-0.39, 0.29) is 11.6 Å². The van der Waals surface area contributed by atoms with E-state index in [1.54, 1.807) is 33.8 Å². The summed E-state index contributed by atoms with van der Waals surface area (Å²) in [6.07, 6.45) is 5.44. The second-order valence-corrected chi connectivity index (χ2v) is 11.3. The van der Waals surface area contributed by atoms with Crippen LogP contribution in [0.4, 0.5) is 0 Å². The number of aromatic nitrogens is 1. The number of amides is 3. The average Bonchev–Trinajstić information content (AvgIpc) is 2.93. The molecule has 2 atom stereocenters.